The van der Waals surface area contributed by atoms with E-state index < -0.39 is 0 Å². The summed E-state index contributed by atoms with van der Waals surface area (Å²) in [4.78, 5) is 20.3. The van der Waals surface area contributed by atoms with Crippen LogP contribution in [0.2, 0.25) is 0 Å². The van der Waals surface area contributed by atoms with E-state index in [0.717, 1.165) is 27.7 Å². The first-order chi connectivity index (χ1) is 13.6. The molecule has 0 radical (unpaired) electrons. The molecule has 1 aromatic carbocycles. The molecule has 0 aliphatic heterocycles. The lowest BCUT2D eigenvalue weighted by molar-refractivity contribution is -0.114. The van der Waals surface area contributed by atoms with Gasteiger partial charge < -0.3 is 11.1 Å². The van der Waals surface area contributed by atoms with E-state index in [2.05, 4.69) is 34.6 Å². The molecule has 2 heterocycles. The van der Waals surface area contributed by atoms with Crippen molar-refractivity contribution < 1.29 is 4.79 Å². The summed E-state index contributed by atoms with van der Waals surface area (Å²) in [7, 11) is 0. The van der Waals surface area contributed by atoms with Crippen molar-refractivity contribution in [2.45, 2.75) is 45.1 Å². The standard InChI is InChI=1S/C23H26N4O/c1-15(28)26-22-14-18(11-12-25-22)17-7-9-20-19(13-17)8-10-21(27-20)23(24)16-5-3-2-4-6-16/h7-14,16,23H,2-6,24H2,1H3,(H,25,26,28). The summed E-state index contributed by atoms with van der Waals surface area (Å²) >= 11 is 0. The zero-order valence-corrected chi connectivity index (χ0v) is 16.2. The Morgan fingerprint density at radius 2 is 1.86 bits per heavy atom. The van der Waals surface area contributed by atoms with E-state index in [1.165, 1.54) is 39.0 Å². The van der Waals surface area contributed by atoms with Crippen LogP contribution in [0.25, 0.3) is 22.0 Å². The summed E-state index contributed by atoms with van der Waals surface area (Å²) in [5.41, 5.74) is 10.6. The highest BCUT2D eigenvalue weighted by Crippen LogP contribution is 2.33. The fourth-order valence-corrected chi connectivity index (χ4v) is 4.10. The van der Waals surface area contributed by atoms with E-state index in [1.807, 2.05) is 18.2 Å². The summed E-state index contributed by atoms with van der Waals surface area (Å²) in [6.07, 6.45) is 8.01. The number of carbonyl (C=O) groups is 1. The number of amides is 1. The van der Waals surface area contributed by atoms with Crippen LogP contribution >= 0.6 is 0 Å². The van der Waals surface area contributed by atoms with Crippen LogP contribution in [0.5, 0.6) is 0 Å². The minimum Gasteiger partial charge on any atom is -0.322 e. The lowest BCUT2D eigenvalue weighted by Crippen LogP contribution is -2.24. The Kier molecular flexibility index (Phi) is 5.35. The van der Waals surface area contributed by atoms with Gasteiger partial charge in [0.15, 0.2) is 0 Å². The summed E-state index contributed by atoms with van der Waals surface area (Å²) in [5.74, 6) is 0.966. The second kappa shape index (κ2) is 8.07. The van der Waals surface area contributed by atoms with Crippen molar-refractivity contribution in [2.24, 2.45) is 11.7 Å². The van der Waals surface area contributed by atoms with Gasteiger partial charge in [0.2, 0.25) is 5.91 Å². The predicted molar refractivity (Wildman–Crippen MR) is 113 cm³/mol. The molecule has 144 valence electrons. The van der Waals surface area contributed by atoms with Crippen LogP contribution in [-0.4, -0.2) is 15.9 Å². The van der Waals surface area contributed by atoms with E-state index in [0.29, 0.717) is 11.7 Å². The molecule has 28 heavy (non-hydrogen) atoms. The van der Waals surface area contributed by atoms with E-state index in [-0.39, 0.29) is 11.9 Å². The van der Waals surface area contributed by atoms with E-state index in [9.17, 15) is 4.79 Å². The number of anilines is 1. The third-order valence-corrected chi connectivity index (χ3v) is 5.61. The molecule has 1 aliphatic rings. The van der Waals surface area contributed by atoms with Gasteiger partial charge in [-0.25, -0.2) is 4.98 Å². The molecule has 0 saturated heterocycles. The Balaban J connectivity index is 1.61. The van der Waals surface area contributed by atoms with Gasteiger partial charge in [0.25, 0.3) is 0 Å². The highest BCUT2D eigenvalue weighted by molar-refractivity contribution is 5.89. The van der Waals surface area contributed by atoms with Gasteiger partial charge in [-0.2, -0.15) is 0 Å². The van der Waals surface area contributed by atoms with E-state index in [1.54, 1.807) is 6.20 Å². The van der Waals surface area contributed by atoms with Crippen molar-refractivity contribution in [1.29, 1.82) is 0 Å². The third-order valence-electron chi connectivity index (χ3n) is 5.61. The highest BCUT2D eigenvalue weighted by atomic mass is 16.1. The number of rotatable bonds is 4. The normalized spacial score (nSPS) is 16.1. The number of nitrogens with two attached hydrogens (primary N) is 1. The number of fused-ring (bicyclic) bond motifs is 1. The number of carbonyl (C=O) groups excluding carboxylic acids is 1. The Morgan fingerprint density at radius 1 is 1.07 bits per heavy atom. The van der Waals surface area contributed by atoms with Crippen molar-refractivity contribution >= 4 is 22.6 Å². The molecule has 1 unspecified atom stereocenters. The van der Waals surface area contributed by atoms with Crippen molar-refractivity contribution in [3.05, 3.63) is 54.4 Å². The number of pyridine rings is 2. The molecule has 5 heteroatoms. The molecule has 3 N–H and O–H groups in total. The first-order valence-corrected chi connectivity index (χ1v) is 10.0. The lowest BCUT2D eigenvalue weighted by Gasteiger charge is -2.27. The van der Waals surface area contributed by atoms with Crippen molar-refractivity contribution in [1.82, 2.24) is 9.97 Å². The predicted octanol–water partition coefficient (Wildman–Crippen LogP) is 4.84. The molecule has 1 atom stereocenters. The number of aromatic nitrogens is 2. The molecule has 0 spiro atoms. The Morgan fingerprint density at radius 3 is 2.64 bits per heavy atom. The first kappa shape index (κ1) is 18.6. The lowest BCUT2D eigenvalue weighted by atomic mass is 9.83. The van der Waals surface area contributed by atoms with Crippen molar-refractivity contribution in [3.63, 3.8) is 0 Å². The maximum Gasteiger partial charge on any atom is 0.222 e. The number of benzene rings is 1. The summed E-state index contributed by atoms with van der Waals surface area (Å²) < 4.78 is 0. The van der Waals surface area contributed by atoms with Crippen LogP contribution in [-0.2, 0) is 4.79 Å². The van der Waals surface area contributed by atoms with Gasteiger partial charge in [-0.1, -0.05) is 31.4 Å². The van der Waals surface area contributed by atoms with Crippen LogP contribution in [0.1, 0.15) is 50.8 Å². The van der Waals surface area contributed by atoms with E-state index in [4.69, 9.17) is 10.7 Å². The largest absolute Gasteiger partial charge is 0.322 e. The molecule has 2 aromatic heterocycles. The third kappa shape index (κ3) is 4.04. The number of hydrogen-bond acceptors (Lipinski definition) is 4. The van der Waals surface area contributed by atoms with Gasteiger partial charge >= 0.3 is 0 Å². The molecule has 3 aromatic rings. The SMILES string of the molecule is CC(=O)Nc1cc(-c2ccc3nc(C(N)C4CCCCC4)ccc3c2)ccn1. The topological polar surface area (TPSA) is 80.9 Å². The molecule has 1 saturated carbocycles. The minimum atomic E-state index is -0.130. The monoisotopic (exact) mass is 374 g/mol. The van der Waals surface area contributed by atoms with Crippen molar-refractivity contribution in [3.8, 4) is 11.1 Å². The van der Waals surface area contributed by atoms with Gasteiger partial charge in [-0.3, -0.25) is 9.78 Å². The second-order valence-corrected chi connectivity index (χ2v) is 7.68. The average molecular weight is 374 g/mol. The minimum absolute atomic E-state index is 0.0183. The van der Waals surface area contributed by atoms with Gasteiger partial charge in [-0.05, 0) is 60.2 Å². The van der Waals surface area contributed by atoms with Gasteiger partial charge in [0.05, 0.1) is 11.2 Å². The number of nitrogens with one attached hydrogen (secondary N) is 1. The molecular weight excluding hydrogens is 348 g/mol. The van der Waals surface area contributed by atoms with Crippen LogP contribution in [0, 0.1) is 5.92 Å². The number of nitrogens with zero attached hydrogens (tertiary/aromatic N) is 2. The zero-order valence-electron chi connectivity index (χ0n) is 16.2. The fourth-order valence-electron chi connectivity index (χ4n) is 4.10. The van der Waals surface area contributed by atoms with E-state index >= 15 is 0 Å². The Labute approximate surface area is 165 Å². The van der Waals surface area contributed by atoms with Crippen LogP contribution in [0.3, 0.4) is 0 Å². The van der Waals surface area contributed by atoms with Crippen LogP contribution in [0.15, 0.2) is 48.7 Å². The molecule has 1 amide bonds. The smallest absolute Gasteiger partial charge is 0.222 e. The molecule has 1 aliphatic carbocycles. The molecule has 5 nitrogen and oxygen atoms in total. The Hall–Kier alpha value is -2.79. The Bertz CT molecular complexity index is 995. The maximum atomic E-state index is 11.3. The number of hydrogen-bond donors (Lipinski definition) is 2. The zero-order chi connectivity index (χ0) is 19.5. The molecule has 1 fully saturated rings. The summed E-state index contributed by atoms with van der Waals surface area (Å²) in [6, 6.07) is 14.2. The first-order valence-electron chi connectivity index (χ1n) is 10.0. The second-order valence-electron chi connectivity index (χ2n) is 7.68. The van der Waals surface area contributed by atoms with Crippen LogP contribution < -0.4 is 11.1 Å². The fraction of sp³-hybridized carbons (Fsp3) is 0.348. The molecule has 0 bridgehead atoms. The summed E-state index contributed by atoms with van der Waals surface area (Å²) in [5, 5.41) is 3.81. The summed E-state index contributed by atoms with van der Waals surface area (Å²) in [6.45, 7) is 1.48. The highest BCUT2D eigenvalue weighted by Gasteiger charge is 2.22. The molecular formula is C23H26N4O. The quantitative estimate of drug-likeness (QED) is 0.685. The van der Waals surface area contributed by atoms with Crippen molar-refractivity contribution in [2.75, 3.05) is 5.32 Å². The molecule has 4 rings (SSSR count). The van der Waals surface area contributed by atoms with Gasteiger partial charge in [0.1, 0.15) is 5.82 Å². The average Bonchev–Trinajstić information content (AvgIpc) is 2.73. The van der Waals surface area contributed by atoms with Gasteiger partial charge in [0, 0.05) is 24.5 Å². The van der Waals surface area contributed by atoms with Crippen LogP contribution in [0.4, 0.5) is 5.82 Å². The van der Waals surface area contributed by atoms with Gasteiger partial charge in [-0.15, -0.1) is 0 Å². The maximum absolute atomic E-state index is 11.3.